The molecule has 0 aromatic rings. The Balaban J connectivity index is 3.82. The highest BCUT2D eigenvalue weighted by Gasteiger charge is 2.14. The fourth-order valence-corrected chi connectivity index (χ4v) is 1.17. The van der Waals surface area contributed by atoms with Crippen LogP contribution in [0.5, 0.6) is 0 Å². The van der Waals surface area contributed by atoms with Gasteiger partial charge < -0.3 is 10.1 Å². The Morgan fingerprint density at radius 1 is 1.50 bits per heavy atom. The van der Waals surface area contributed by atoms with E-state index in [0.717, 1.165) is 19.6 Å². The lowest BCUT2D eigenvalue weighted by Crippen LogP contribution is -2.39. The molecule has 0 heterocycles. The molecule has 0 fully saturated rings. The molecule has 0 rings (SSSR count). The molecule has 0 aliphatic heterocycles. The first-order valence-electron chi connectivity index (χ1n) is 4.54. The third kappa shape index (κ3) is 4.38. The second-order valence-corrected chi connectivity index (χ2v) is 2.73. The molecule has 70 valence electrons. The third-order valence-corrected chi connectivity index (χ3v) is 1.80. The lowest BCUT2D eigenvalue weighted by molar-refractivity contribution is 0.0493. The van der Waals surface area contributed by atoms with Crippen LogP contribution in [0.2, 0.25) is 0 Å². The van der Waals surface area contributed by atoms with Crippen molar-refractivity contribution < 1.29 is 4.74 Å². The van der Waals surface area contributed by atoms with Gasteiger partial charge in [-0.3, -0.25) is 0 Å². The Bertz CT molecular complexity index is 139. The van der Waals surface area contributed by atoms with Crippen LogP contribution >= 0.6 is 0 Å². The van der Waals surface area contributed by atoms with Crippen molar-refractivity contribution in [2.45, 2.75) is 39.3 Å². The second kappa shape index (κ2) is 7.15. The van der Waals surface area contributed by atoms with Crippen LogP contribution in [0.4, 0.5) is 0 Å². The van der Waals surface area contributed by atoms with Gasteiger partial charge in [-0.1, -0.05) is 6.92 Å². The molecule has 2 nitrogen and oxygen atoms in total. The SMILES string of the molecule is C#CCC(NCC)C(C)OCC. The molecule has 0 amide bonds. The molecule has 0 radical (unpaired) electrons. The molecule has 0 aliphatic rings. The lowest BCUT2D eigenvalue weighted by Gasteiger charge is -2.22. The number of terminal acetylenes is 1. The van der Waals surface area contributed by atoms with Crippen molar-refractivity contribution in [3.63, 3.8) is 0 Å². The van der Waals surface area contributed by atoms with Crippen LogP contribution in [0.3, 0.4) is 0 Å². The predicted octanol–water partition coefficient (Wildman–Crippen LogP) is 1.41. The zero-order chi connectivity index (χ0) is 9.40. The van der Waals surface area contributed by atoms with Crippen LogP contribution in [0.1, 0.15) is 27.2 Å². The molecule has 0 saturated heterocycles. The van der Waals surface area contributed by atoms with E-state index in [4.69, 9.17) is 11.2 Å². The second-order valence-electron chi connectivity index (χ2n) is 2.73. The van der Waals surface area contributed by atoms with E-state index in [1.165, 1.54) is 0 Å². The minimum absolute atomic E-state index is 0.200. The molecule has 0 aromatic heterocycles. The fraction of sp³-hybridized carbons (Fsp3) is 0.800. The normalized spacial score (nSPS) is 15.2. The summed E-state index contributed by atoms with van der Waals surface area (Å²) >= 11 is 0. The van der Waals surface area contributed by atoms with Crippen LogP contribution in [-0.2, 0) is 4.74 Å². The predicted molar refractivity (Wildman–Crippen MR) is 52.0 cm³/mol. The highest BCUT2D eigenvalue weighted by atomic mass is 16.5. The Morgan fingerprint density at radius 2 is 2.17 bits per heavy atom. The molecule has 2 heteroatoms. The first-order valence-corrected chi connectivity index (χ1v) is 4.54. The Kier molecular flexibility index (Phi) is 6.84. The fourth-order valence-electron chi connectivity index (χ4n) is 1.17. The first kappa shape index (κ1) is 11.5. The van der Waals surface area contributed by atoms with Gasteiger partial charge in [0.1, 0.15) is 0 Å². The summed E-state index contributed by atoms with van der Waals surface area (Å²) in [6.45, 7) is 7.79. The molecular formula is C10H19NO. The molecule has 0 spiro atoms. The number of rotatable bonds is 6. The summed E-state index contributed by atoms with van der Waals surface area (Å²) in [6, 6.07) is 0.292. The van der Waals surface area contributed by atoms with E-state index in [-0.39, 0.29) is 6.10 Å². The molecule has 0 saturated carbocycles. The number of ether oxygens (including phenoxy) is 1. The zero-order valence-corrected chi connectivity index (χ0v) is 8.26. The van der Waals surface area contributed by atoms with Crippen LogP contribution < -0.4 is 5.32 Å². The van der Waals surface area contributed by atoms with Gasteiger partial charge in [0.15, 0.2) is 0 Å². The first-order chi connectivity index (χ1) is 5.76. The summed E-state index contributed by atoms with van der Waals surface area (Å²) in [5.74, 6) is 2.65. The summed E-state index contributed by atoms with van der Waals surface area (Å²) in [5, 5.41) is 3.30. The Labute approximate surface area is 75.7 Å². The van der Waals surface area contributed by atoms with Crippen molar-refractivity contribution in [2.24, 2.45) is 0 Å². The number of hydrogen-bond acceptors (Lipinski definition) is 2. The van der Waals surface area contributed by atoms with Gasteiger partial charge in [0.05, 0.1) is 6.10 Å². The summed E-state index contributed by atoms with van der Waals surface area (Å²) in [5.41, 5.74) is 0. The van der Waals surface area contributed by atoms with Gasteiger partial charge in [-0.25, -0.2) is 0 Å². The zero-order valence-electron chi connectivity index (χ0n) is 8.26. The molecule has 0 aromatic carbocycles. The standard InChI is InChI=1S/C10H19NO/c1-5-8-10(11-6-2)9(4)12-7-3/h1,9-11H,6-8H2,2-4H3. The molecule has 12 heavy (non-hydrogen) atoms. The monoisotopic (exact) mass is 169 g/mol. The summed E-state index contributed by atoms with van der Waals surface area (Å²) < 4.78 is 5.45. The van der Waals surface area contributed by atoms with Gasteiger partial charge in [0, 0.05) is 19.1 Å². The third-order valence-electron chi connectivity index (χ3n) is 1.80. The van der Waals surface area contributed by atoms with Crippen molar-refractivity contribution in [3.05, 3.63) is 0 Å². The van der Waals surface area contributed by atoms with Crippen molar-refractivity contribution in [1.29, 1.82) is 0 Å². The van der Waals surface area contributed by atoms with Crippen LogP contribution in [-0.4, -0.2) is 25.3 Å². The van der Waals surface area contributed by atoms with E-state index in [1.807, 2.05) is 13.8 Å². The van der Waals surface area contributed by atoms with Gasteiger partial charge in [-0.15, -0.1) is 12.3 Å². The maximum Gasteiger partial charge on any atom is 0.0709 e. The molecule has 0 bridgehead atoms. The summed E-state index contributed by atoms with van der Waals surface area (Å²) in [7, 11) is 0. The highest BCUT2D eigenvalue weighted by molar-refractivity contribution is 4.91. The number of likely N-dealkylation sites (N-methyl/N-ethyl adjacent to an activating group) is 1. The number of hydrogen-bond donors (Lipinski definition) is 1. The van der Waals surface area contributed by atoms with Gasteiger partial charge in [0.25, 0.3) is 0 Å². The van der Waals surface area contributed by atoms with Crippen LogP contribution in [0, 0.1) is 12.3 Å². The van der Waals surface area contributed by atoms with E-state index in [1.54, 1.807) is 0 Å². The summed E-state index contributed by atoms with van der Waals surface area (Å²) in [6.07, 6.45) is 6.18. The van der Waals surface area contributed by atoms with E-state index < -0.39 is 0 Å². The van der Waals surface area contributed by atoms with E-state index in [2.05, 4.69) is 18.2 Å². The molecule has 2 unspecified atom stereocenters. The van der Waals surface area contributed by atoms with Gasteiger partial charge in [-0.2, -0.15) is 0 Å². The molecule has 1 N–H and O–H groups in total. The molecule has 0 aliphatic carbocycles. The van der Waals surface area contributed by atoms with Crippen molar-refractivity contribution in [1.82, 2.24) is 5.32 Å². The van der Waals surface area contributed by atoms with E-state index in [9.17, 15) is 0 Å². The van der Waals surface area contributed by atoms with Gasteiger partial charge in [0.2, 0.25) is 0 Å². The summed E-state index contributed by atoms with van der Waals surface area (Å²) in [4.78, 5) is 0. The quantitative estimate of drug-likeness (QED) is 0.607. The smallest absolute Gasteiger partial charge is 0.0709 e. The topological polar surface area (TPSA) is 21.3 Å². The van der Waals surface area contributed by atoms with Crippen molar-refractivity contribution in [2.75, 3.05) is 13.2 Å². The lowest BCUT2D eigenvalue weighted by atomic mass is 10.1. The van der Waals surface area contributed by atoms with Crippen LogP contribution in [0.25, 0.3) is 0 Å². The minimum Gasteiger partial charge on any atom is -0.377 e. The molecular weight excluding hydrogens is 150 g/mol. The minimum atomic E-state index is 0.200. The van der Waals surface area contributed by atoms with E-state index in [0.29, 0.717) is 6.04 Å². The Hall–Kier alpha value is -0.520. The van der Waals surface area contributed by atoms with Gasteiger partial charge >= 0.3 is 0 Å². The van der Waals surface area contributed by atoms with Crippen molar-refractivity contribution in [3.8, 4) is 12.3 Å². The van der Waals surface area contributed by atoms with E-state index >= 15 is 0 Å². The van der Waals surface area contributed by atoms with Crippen LogP contribution in [0.15, 0.2) is 0 Å². The average Bonchev–Trinajstić information content (AvgIpc) is 2.04. The largest absolute Gasteiger partial charge is 0.377 e. The average molecular weight is 169 g/mol. The van der Waals surface area contributed by atoms with Gasteiger partial charge in [-0.05, 0) is 20.4 Å². The molecule has 2 atom stereocenters. The Morgan fingerprint density at radius 3 is 2.58 bits per heavy atom. The maximum absolute atomic E-state index is 5.45. The van der Waals surface area contributed by atoms with Crippen molar-refractivity contribution >= 4 is 0 Å². The maximum atomic E-state index is 5.45. The number of nitrogens with one attached hydrogen (secondary N) is 1. The highest BCUT2D eigenvalue weighted by Crippen LogP contribution is 2.02.